The van der Waals surface area contributed by atoms with Gasteiger partial charge in [-0.25, -0.2) is 0 Å². The molecule has 0 saturated heterocycles. The number of hydrogen-bond donors (Lipinski definition) is 1. The molecule has 76 valence electrons. The van der Waals surface area contributed by atoms with Gasteiger partial charge in [-0.15, -0.1) is 0 Å². The lowest BCUT2D eigenvalue weighted by Gasteiger charge is -2.03. The molecular weight excluding hydrogens is 198 g/mol. The molecule has 0 spiro atoms. The molecule has 0 amide bonds. The van der Waals surface area contributed by atoms with Crippen molar-refractivity contribution in [2.24, 2.45) is 5.73 Å². The third-order valence-corrected chi connectivity index (χ3v) is 2.10. The first-order chi connectivity index (χ1) is 6.84. The van der Waals surface area contributed by atoms with Gasteiger partial charge in [0, 0.05) is 11.6 Å². The molecule has 0 atom stereocenters. The largest absolute Gasteiger partial charge is 0.373 e. The van der Waals surface area contributed by atoms with Gasteiger partial charge >= 0.3 is 0 Å². The van der Waals surface area contributed by atoms with E-state index in [1.165, 1.54) is 0 Å². The Morgan fingerprint density at radius 1 is 1.29 bits per heavy atom. The Kier molecular flexibility index (Phi) is 5.30. The lowest BCUT2D eigenvalue weighted by Crippen LogP contribution is -1.96. The molecule has 0 aromatic heterocycles. The van der Waals surface area contributed by atoms with Crippen molar-refractivity contribution in [2.75, 3.05) is 13.2 Å². The summed E-state index contributed by atoms with van der Waals surface area (Å²) in [7, 11) is 0. The summed E-state index contributed by atoms with van der Waals surface area (Å²) < 4.78 is 5.38. The number of hydrogen-bond acceptors (Lipinski definition) is 2. The molecule has 2 N–H and O–H groups in total. The van der Waals surface area contributed by atoms with Crippen LogP contribution in [0, 0.1) is 0 Å². The summed E-state index contributed by atoms with van der Waals surface area (Å²) in [5.41, 5.74) is 6.29. The van der Waals surface area contributed by atoms with Gasteiger partial charge in [-0.1, -0.05) is 42.0 Å². The zero-order valence-electron chi connectivity index (χ0n) is 7.95. The summed E-state index contributed by atoms with van der Waals surface area (Å²) in [6.45, 7) is 1.66. The van der Waals surface area contributed by atoms with Gasteiger partial charge in [0.2, 0.25) is 0 Å². The first-order valence-electron chi connectivity index (χ1n) is 4.51. The molecule has 0 aliphatic rings. The number of benzene rings is 1. The van der Waals surface area contributed by atoms with E-state index in [0.717, 1.165) is 10.6 Å². The quantitative estimate of drug-likeness (QED) is 0.600. The molecule has 2 nitrogen and oxygen atoms in total. The Morgan fingerprint density at radius 3 is 2.79 bits per heavy atom. The van der Waals surface area contributed by atoms with Crippen molar-refractivity contribution in [2.45, 2.75) is 6.61 Å². The van der Waals surface area contributed by atoms with Gasteiger partial charge in [-0.05, 0) is 11.6 Å². The fraction of sp³-hybridized carbons (Fsp3) is 0.273. The predicted molar refractivity (Wildman–Crippen MR) is 59.3 cm³/mol. The molecule has 0 heterocycles. The van der Waals surface area contributed by atoms with Crippen LogP contribution in [0.15, 0.2) is 36.4 Å². The molecule has 0 radical (unpaired) electrons. The first kappa shape index (κ1) is 11.2. The molecule has 1 aromatic carbocycles. The van der Waals surface area contributed by atoms with Crippen molar-refractivity contribution < 1.29 is 4.74 Å². The van der Waals surface area contributed by atoms with E-state index < -0.39 is 0 Å². The molecule has 0 saturated carbocycles. The Morgan fingerprint density at radius 2 is 2.07 bits per heavy atom. The molecule has 3 heteroatoms. The number of nitrogens with two attached hydrogens (primary N) is 1. The Balaban J connectivity index is 2.31. The maximum absolute atomic E-state index is 5.95. The molecule has 0 fully saturated rings. The lowest BCUT2D eigenvalue weighted by molar-refractivity contribution is 0.148. The Hall–Kier alpha value is -0.830. The van der Waals surface area contributed by atoms with E-state index in [1.807, 2.05) is 36.4 Å². The summed E-state index contributed by atoms with van der Waals surface area (Å²) in [6.07, 6.45) is 3.77. The number of ether oxygens (including phenoxy) is 1. The monoisotopic (exact) mass is 211 g/mol. The van der Waals surface area contributed by atoms with Crippen LogP contribution in [-0.4, -0.2) is 13.2 Å². The third kappa shape index (κ3) is 3.92. The van der Waals surface area contributed by atoms with Gasteiger partial charge in [-0.2, -0.15) is 0 Å². The second-order valence-corrected chi connectivity index (χ2v) is 3.22. The topological polar surface area (TPSA) is 35.2 Å². The lowest BCUT2D eigenvalue weighted by atomic mass is 10.2. The molecule has 0 bridgehead atoms. The fourth-order valence-electron chi connectivity index (χ4n) is 1.02. The average Bonchev–Trinajstić information content (AvgIpc) is 2.20. The van der Waals surface area contributed by atoms with Crippen LogP contribution in [0.1, 0.15) is 5.56 Å². The third-order valence-electron chi connectivity index (χ3n) is 1.73. The summed E-state index contributed by atoms with van der Waals surface area (Å²) in [5, 5.41) is 0.746. The zero-order chi connectivity index (χ0) is 10.2. The van der Waals surface area contributed by atoms with Crippen molar-refractivity contribution in [1.82, 2.24) is 0 Å². The Bertz CT molecular complexity index is 299. The van der Waals surface area contributed by atoms with E-state index >= 15 is 0 Å². The molecule has 1 rings (SSSR count). The van der Waals surface area contributed by atoms with Gasteiger partial charge in [0.15, 0.2) is 0 Å². The average molecular weight is 212 g/mol. The van der Waals surface area contributed by atoms with Crippen LogP contribution in [0.3, 0.4) is 0 Å². The molecule has 0 unspecified atom stereocenters. The van der Waals surface area contributed by atoms with Crippen LogP contribution < -0.4 is 5.73 Å². The maximum Gasteiger partial charge on any atom is 0.0735 e. The van der Waals surface area contributed by atoms with Gasteiger partial charge in [0.1, 0.15) is 0 Å². The smallest absolute Gasteiger partial charge is 0.0735 e. The van der Waals surface area contributed by atoms with Crippen molar-refractivity contribution >= 4 is 11.6 Å². The van der Waals surface area contributed by atoms with E-state index in [-0.39, 0.29) is 0 Å². The van der Waals surface area contributed by atoms with Gasteiger partial charge < -0.3 is 10.5 Å². The minimum atomic E-state index is 0.536. The van der Waals surface area contributed by atoms with E-state index in [1.54, 1.807) is 0 Å². The first-order valence-corrected chi connectivity index (χ1v) is 4.88. The van der Waals surface area contributed by atoms with Crippen LogP contribution in [0.4, 0.5) is 0 Å². The summed E-state index contributed by atoms with van der Waals surface area (Å²) in [6, 6.07) is 7.66. The van der Waals surface area contributed by atoms with Crippen LogP contribution in [0.25, 0.3) is 0 Å². The number of halogens is 1. The highest BCUT2D eigenvalue weighted by atomic mass is 35.5. The van der Waals surface area contributed by atoms with Crippen LogP contribution in [0.5, 0.6) is 0 Å². The van der Waals surface area contributed by atoms with Gasteiger partial charge in [-0.3, -0.25) is 0 Å². The predicted octanol–water partition coefficient (Wildman–Crippen LogP) is 2.37. The highest BCUT2D eigenvalue weighted by Crippen LogP contribution is 2.15. The molecular formula is C11H14ClNO. The molecule has 0 aliphatic heterocycles. The van der Waals surface area contributed by atoms with Crippen LogP contribution in [-0.2, 0) is 11.3 Å². The molecule has 0 aliphatic carbocycles. The molecule has 1 aromatic rings. The van der Waals surface area contributed by atoms with Crippen molar-refractivity contribution in [1.29, 1.82) is 0 Å². The highest BCUT2D eigenvalue weighted by Gasteiger charge is 1.96. The maximum atomic E-state index is 5.95. The summed E-state index contributed by atoms with van der Waals surface area (Å²) in [4.78, 5) is 0. The van der Waals surface area contributed by atoms with E-state index in [4.69, 9.17) is 22.1 Å². The van der Waals surface area contributed by atoms with Gasteiger partial charge in [0.05, 0.1) is 13.2 Å². The van der Waals surface area contributed by atoms with E-state index in [2.05, 4.69) is 0 Å². The fourth-order valence-corrected chi connectivity index (χ4v) is 1.21. The summed E-state index contributed by atoms with van der Waals surface area (Å²) in [5.74, 6) is 0. The highest BCUT2D eigenvalue weighted by molar-refractivity contribution is 6.31. The van der Waals surface area contributed by atoms with E-state index in [0.29, 0.717) is 19.8 Å². The Labute approximate surface area is 89.3 Å². The normalized spacial score (nSPS) is 11.0. The standard InChI is InChI=1S/C11H14ClNO/c12-11-6-2-1-5-10(11)9-14-8-4-3-7-13/h1-6H,7-9,13H2. The number of rotatable bonds is 5. The summed E-state index contributed by atoms with van der Waals surface area (Å²) >= 11 is 5.95. The van der Waals surface area contributed by atoms with Crippen LogP contribution >= 0.6 is 11.6 Å². The zero-order valence-corrected chi connectivity index (χ0v) is 8.70. The minimum Gasteiger partial charge on any atom is -0.373 e. The second-order valence-electron chi connectivity index (χ2n) is 2.81. The van der Waals surface area contributed by atoms with Crippen molar-refractivity contribution in [3.8, 4) is 0 Å². The second kappa shape index (κ2) is 6.60. The van der Waals surface area contributed by atoms with Crippen LogP contribution in [0.2, 0.25) is 5.02 Å². The van der Waals surface area contributed by atoms with Crippen molar-refractivity contribution in [3.05, 3.63) is 47.0 Å². The molecule has 14 heavy (non-hydrogen) atoms. The van der Waals surface area contributed by atoms with E-state index in [9.17, 15) is 0 Å². The van der Waals surface area contributed by atoms with Gasteiger partial charge in [0.25, 0.3) is 0 Å². The van der Waals surface area contributed by atoms with Crippen molar-refractivity contribution in [3.63, 3.8) is 0 Å². The minimum absolute atomic E-state index is 0.536. The SMILES string of the molecule is NCC=CCOCc1ccccc1Cl.